The van der Waals surface area contributed by atoms with Crippen LogP contribution in [0.15, 0.2) is 0 Å². The Balaban J connectivity index is 2.53. The van der Waals surface area contributed by atoms with E-state index in [0.29, 0.717) is 19.5 Å². The number of nitrogens with zero attached hydrogens (tertiary/aromatic N) is 1. The zero-order valence-electron chi connectivity index (χ0n) is 8.16. The van der Waals surface area contributed by atoms with E-state index in [2.05, 4.69) is 5.32 Å². The normalized spacial score (nSPS) is 19.9. The highest BCUT2D eigenvalue weighted by Gasteiger charge is 2.20. The third kappa shape index (κ3) is 2.83. The summed E-state index contributed by atoms with van der Waals surface area (Å²) in [4.78, 5) is 34.3. The molecule has 5 heteroatoms. The summed E-state index contributed by atoms with van der Waals surface area (Å²) in [5, 5.41) is 2.50. The Bertz CT molecular complexity index is 252. The first-order valence-corrected chi connectivity index (χ1v) is 4.63. The molecule has 0 aromatic heterocycles. The van der Waals surface area contributed by atoms with Crippen LogP contribution >= 0.6 is 0 Å². The highest BCUT2D eigenvalue weighted by Crippen LogP contribution is 2.02. The van der Waals surface area contributed by atoms with Crippen LogP contribution in [0.4, 0.5) is 0 Å². The van der Waals surface area contributed by atoms with E-state index in [1.165, 1.54) is 0 Å². The number of amides is 2. The molecule has 2 amide bonds. The van der Waals surface area contributed by atoms with Crippen molar-refractivity contribution in [2.24, 2.45) is 5.92 Å². The van der Waals surface area contributed by atoms with Gasteiger partial charge in [-0.3, -0.25) is 9.59 Å². The van der Waals surface area contributed by atoms with Gasteiger partial charge in [0.2, 0.25) is 11.8 Å². The Morgan fingerprint density at radius 3 is 2.93 bits per heavy atom. The monoisotopic (exact) mass is 198 g/mol. The van der Waals surface area contributed by atoms with Crippen LogP contribution in [-0.4, -0.2) is 42.6 Å². The number of hydrogen-bond donors (Lipinski definition) is 1. The number of hydrogen-bond acceptors (Lipinski definition) is 3. The average molecular weight is 198 g/mol. The highest BCUT2D eigenvalue weighted by atomic mass is 16.2. The van der Waals surface area contributed by atoms with Crippen molar-refractivity contribution in [3.63, 3.8) is 0 Å². The molecule has 78 valence electrons. The summed E-state index contributed by atoms with van der Waals surface area (Å²) in [5.41, 5.74) is 0. The Morgan fingerprint density at radius 2 is 2.29 bits per heavy atom. The summed E-state index contributed by atoms with van der Waals surface area (Å²) in [6.45, 7) is 2.60. The number of carbonyl (C=O) groups excluding carboxylic acids is 3. The Kier molecular flexibility index (Phi) is 3.62. The molecule has 14 heavy (non-hydrogen) atoms. The van der Waals surface area contributed by atoms with Crippen LogP contribution < -0.4 is 5.32 Å². The molecule has 0 aromatic carbocycles. The summed E-state index contributed by atoms with van der Waals surface area (Å²) in [5.74, 6) is -0.406. The van der Waals surface area contributed by atoms with Crippen molar-refractivity contribution in [2.45, 2.75) is 13.3 Å². The third-order valence-electron chi connectivity index (χ3n) is 2.14. The highest BCUT2D eigenvalue weighted by molar-refractivity contribution is 5.87. The average Bonchev–Trinajstić information content (AvgIpc) is 2.33. The first kappa shape index (κ1) is 10.7. The van der Waals surface area contributed by atoms with Gasteiger partial charge in [-0.25, -0.2) is 0 Å². The number of carbonyl (C=O) groups is 3. The van der Waals surface area contributed by atoms with Gasteiger partial charge >= 0.3 is 0 Å². The van der Waals surface area contributed by atoms with Crippen molar-refractivity contribution in [3.05, 3.63) is 0 Å². The fourth-order valence-corrected chi connectivity index (χ4v) is 1.32. The van der Waals surface area contributed by atoms with Gasteiger partial charge in [-0.05, 0) is 0 Å². The maximum atomic E-state index is 11.4. The van der Waals surface area contributed by atoms with Crippen LogP contribution in [0.1, 0.15) is 13.3 Å². The van der Waals surface area contributed by atoms with Gasteiger partial charge in [-0.15, -0.1) is 0 Å². The summed E-state index contributed by atoms with van der Waals surface area (Å²) < 4.78 is 0. The van der Waals surface area contributed by atoms with E-state index in [0.717, 1.165) is 6.29 Å². The molecule has 1 heterocycles. The quantitative estimate of drug-likeness (QED) is 0.602. The topological polar surface area (TPSA) is 66.5 Å². The van der Waals surface area contributed by atoms with Gasteiger partial charge in [0.15, 0.2) is 0 Å². The van der Waals surface area contributed by atoms with Gasteiger partial charge in [0.1, 0.15) is 6.29 Å². The zero-order chi connectivity index (χ0) is 10.6. The molecule has 1 rings (SSSR count). The van der Waals surface area contributed by atoms with Gasteiger partial charge in [-0.1, -0.05) is 6.92 Å². The van der Waals surface area contributed by atoms with Crippen molar-refractivity contribution in [1.82, 2.24) is 10.2 Å². The first-order valence-electron chi connectivity index (χ1n) is 4.63. The SMILES string of the molecule is CC(C=O)CN1CCC(=O)NCC1=O. The molecular formula is C9H14N2O3. The second-order valence-electron chi connectivity index (χ2n) is 3.48. The second-order valence-corrected chi connectivity index (χ2v) is 3.48. The van der Waals surface area contributed by atoms with Crippen LogP contribution in [0.2, 0.25) is 0 Å². The Labute approximate surface area is 82.4 Å². The molecule has 1 unspecified atom stereocenters. The molecule has 5 nitrogen and oxygen atoms in total. The molecule has 1 fully saturated rings. The van der Waals surface area contributed by atoms with Gasteiger partial charge in [0.05, 0.1) is 6.54 Å². The second kappa shape index (κ2) is 4.74. The smallest absolute Gasteiger partial charge is 0.241 e. The molecule has 1 N–H and O–H groups in total. The van der Waals surface area contributed by atoms with Crippen molar-refractivity contribution < 1.29 is 14.4 Å². The lowest BCUT2D eigenvalue weighted by Gasteiger charge is -2.20. The predicted octanol–water partition coefficient (Wildman–Crippen LogP) is -0.830. The molecule has 0 saturated carbocycles. The lowest BCUT2D eigenvalue weighted by Crippen LogP contribution is -2.38. The number of rotatable bonds is 3. The Hall–Kier alpha value is -1.39. The fourth-order valence-electron chi connectivity index (χ4n) is 1.32. The van der Waals surface area contributed by atoms with Gasteiger partial charge < -0.3 is 15.0 Å². The minimum Gasteiger partial charge on any atom is -0.347 e. The fraction of sp³-hybridized carbons (Fsp3) is 0.667. The van der Waals surface area contributed by atoms with E-state index in [1.54, 1.807) is 11.8 Å². The molecule has 0 bridgehead atoms. The largest absolute Gasteiger partial charge is 0.347 e. The number of nitrogens with one attached hydrogen (secondary N) is 1. The predicted molar refractivity (Wildman–Crippen MR) is 49.4 cm³/mol. The van der Waals surface area contributed by atoms with Crippen LogP contribution in [0.25, 0.3) is 0 Å². The van der Waals surface area contributed by atoms with E-state index in [-0.39, 0.29) is 24.3 Å². The first-order chi connectivity index (χ1) is 6.63. The van der Waals surface area contributed by atoms with Crippen LogP contribution in [0.3, 0.4) is 0 Å². The molecule has 1 saturated heterocycles. The zero-order valence-corrected chi connectivity index (χ0v) is 8.16. The molecule has 1 aliphatic heterocycles. The molecular weight excluding hydrogens is 184 g/mol. The standard InChI is InChI=1S/C9H14N2O3/c1-7(6-12)5-11-3-2-8(13)10-4-9(11)14/h6-7H,2-5H2,1H3,(H,10,13). The molecule has 0 aliphatic carbocycles. The van der Waals surface area contributed by atoms with Crippen molar-refractivity contribution in [3.8, 4) is 0 Å². The minimum atomic E-state index is -0.174. The summed E-state index contributed by atoms with van der Waals surface area (Å²) in [6, 6.07) is 0. The van der Waals surface area contributed by atoms with Crippen molar-refractivity contribution >= 4 is 18.1 Å². The van der Waals surface area contributed by atoms with E-state index >= 15 is 0 Å². The van der Waals surface area contributed by atoms with Crippen molar-refractivity contribution in [1.29, 1.82) is 0 Å². The summed E-state index contributed by atoms with van der Waals surface area (Å²) in [6.07, 6.45) is 1.13. The van der Waals surface area contributed by atoms with E-state index in [4.69, 9.17) is 0 Å². The van der Waals surface area contributed by atoms with Crippen LogP contribution in [0, 0.1) is 5.92 Å². The summed E-state index contributed by atoms with van der Waals surface area (Å²) >= 11 is 0. The maximum Gasteiger partial charge on any atom is 0.241 e. The molecule has 0 radical (unpaired) electrons. The minimum absolute atomic E-state index is 0.0460. The van der Waals surface area contributed by atoms with Gasteiger partial charge in [0, 0.05) is 25.4 Å². The molecule has 0 spiro atoms. The number of aldehydes is 1. The molecule has 1 atom stereocenters. The van der Waals surface area contributed by atoms with Crippen LogP contribution in [-0.2, 0) is 14.4 Å². The van der Waals surface area contributed by atoms with E-state index < -0.39 is 0 Å². The third-order valence-corrected chi connectivity index (χ3v) is 2.14. The Morgan fingerprint density at radius 1 is 1.57 bits per heavy atom. The maximum absolute atomic E-state index is 11.4. The molecule has 1 aliphatic rings. The lowest BCUT2D eigenvalue weighted by molar-refractivity contribution is -0.130. The summed E-state index contributed by atoms with van der Waals surface area (Å²) in [7, 11) is 0. The lowest BCUT2D eigenvalue weighted by atomic mass is 10.2. The van der Waals surface area contributed by atoms with E-state index in [1.807, 2.05) is 0 Å². The molecule has 0 aromatic rings. The van der Waals surface area contributed by atoms with Gasteiger partial charge in [-0.2, -0.15) is 0 Å². The van der Waals surface area contributed by atoms with Crippen molar-refractivity contribution in [2.75, 3.05) is 19.6 Å². The van der Waals surface area contributed by atoms with E-state index in [9.17, 15) is 14.4 Å². The van der Waals surface area contributed by atoms with Crippen LogP contribution in [0.5, 0.6) is 0 Å². The van der Waals surface area contributed by atoms with Gasteiger partial charge in [0.25, 0.3) is 0 Å².